The summed E-state index contributed by atoms with van der Waals surface area (Å²) in [5.41, 5.74) is 1.96. The number of esters is 1. The van der Waals surface area contributed by atoms with E-state index < -0.39 is 32.2 Å². The SMILES string of the molecule is COC(=O)CCCCC(=O)N[C@@H](C)C(=O)N[C@@H](C)C(=O)Nc1cc(CO)cc(CO[Si](C)(C)C(C)(C)C)c1. The fourth-order valence-electron chi connectivity index (χ4n) is 3.18. The number of aliphatic hydroxyl groups is 1. The molecule has 0 radical (unpaired) electrons. The van der Waals surface area contributed by atoms with Crippen molar-refractivity contribution in [1.82, 2.24) is 10.6 Å². The van der Waals surface area contributed by atoms with E-state index in [2.05, 4.69) is 54.6 Å². The van der Waals surface area contributed by atoms with Crippen LogP contribution < -0.4 is 16.0 Å². The van der Waals surface area contributed by atoms with Crippen LogP contribution in [0.15, 0.2) is 18.2 Å². The van der Waals surface area contributed by atoms with Crippen LogP contribution in [0.2, 0.25) is 18.1 Å². The Bertz CT molecular complexity index is 976. The van der Waals surface area contributed by atoms with Crippen LogP contribution in [0.25, 0.3) is 0 Å². The van der Waals surface area contributed by atoms with Crippen LogP contribution in [-0.4, -0.2) is 56.3 Å². The van der Waals surface area contributed by atoms with Crippen LogP contribution in [0.3, 0.4) is 0 Å². The molecule has 0 saturated heterocycles. The number of carbonyl (C=O) groups excluding carboxylic acids is 4. The average molecular weight is 552 g/mol. The third-order valence-corrected chi connectivity index (χ3v) is 11.2. The van der Waals surface area contributed by atoms with E-state index in [1.165, 1.54) is 14.0 Å². The molecular weight excluding hydrogens is 506 g/mol. The lowest BCUT2D eigenvalue weighted by molar-refractivity contribution is -0.140. The van der Waals surface area contributed by atoms with Gasteiger partial charge >= 0.3 is 5.97 Å². The first-order valence-electron chi connectivity index (χ1n) is 12.9. The van der Waals surface area contributed by atoms with Crippen molar-refractivity contribution in [2.75, 3.05) is 12.4 Å². The number of aliphatic hydroxyl groups excluding tert-OH is 1. The van der Waals surface area contributed by atoms with Gasteiger partial charge in [-0.25, -0.2) is 0 Å². The van der Waals surface area contributed by atoms with Gasteiger partial charge < -0.3 is 30.2 Å². The molecule has 0 aromatic heterocycles. The van der Waals surface area contributed by atoms with Crippen molar-refractivity contribution in [2.45, 2.75) is 104 Å². The number of rotatable bonds is 14. The number of hydrogen-bond donors (Lipinski definition) is 4. The average Bonchev–Trinajstić information content (AvgIpc) is 2.84. The van der Waals surface area contributed by atoms with Crippen LogP contribution in [0.5, 0.6) is 0 Å². The van der Waals surface area contributed by atoms with Gasteiger partial charge in [-0.05, 0) is 68.1 Å². The van der Waals surface area contributed by atoms with Gasteiger partial charge in [0.2, 0.25) is 17.7 Å². The summed E-state index contributed by atoms with van der Waals surface area (Å²) in [7, 11) is -0.674. The number of nitrogens with one attached hydrogen (secondary N) is 3. The minimum atomic E-state index is -1.99. The third kappa shape index (κ3) is 11.3. The molecule has 0 bridgehead atoms. The highest BCUT2D eigenvalue weighted by Crippen LogP contribution is 2.37. The summed E-state index contributed by atoms with van der Waals surface area (Å²) in [6.45, 7) is 14.0. The first-order chi connectivity index (χ1) is 17.6. The molecule has 10 nitrogen and oxygen atoms in total. The first-order valence-corrected chi connectivity index (χ1v) is 15.9. The van der Waals surface area contributed by atoms with E-state index in [0.717, 1.165) is 5.56 Å². The minimum Gasteiger partial charge on any atom is -0.469 e. The fraction of sp³-hybridized carbons (Fsp3) is 0.630. The van der Waals surface area contributed by atoms with Crippen LogP contribution >= 0.6 is 0 Å². The van der Waals surface area contributed by atoms with Crippen molar-refractivity contribution in [3.63, 3.8) is 0 Å². The van der Waals surface area contributed by atoms with Crippen molar-refractivity contribution < 1.29 is 33.4 Å². The van der Waals surface area contributed by atoms with Gasteiger partial charge in [0.15, 0.2) is 8.32 Å². The van der Waals surface area contributed by atoms with Crippen LogP contribution in [0.4, 0.5) is 5.69 Å². The lowest BCUT2D eigenvalue weighted by atomic mass is 10.1. The highest BCUT2D eigenvalue weighted by molar-refractivity contribution is 6.74. The van der Waals surface area contributed by atoms with Crippen molar-refractivity contribution in [3.05, 3.63) is 29.3 Å². The number of benzene rings is 1. The molecule has 38 heavy (non-hydrogen) atoms. The second kappa shape index (κ2) is 15.0. The molecule has 1 aromatic carbocycles. The van der Waals surface area contributed by atoms with Gasteiger partial charge in [-0.15, -0.1) is 0 Å². The highest BCUT2D eigenvalue weighted by atomic mass is 28.4. The maximum atomic E-state index is 12.8. The Morgan fingerprint density at radius 1 is 0.921 bits per heavy atom. The summed E-state index contributed by atoms with van der Waals surface area (Å²) < 4.78 is 10.8. The summed E-state index contributed by atoms with van der Waals surface area (Å²) in [5.74, 6) is -1.58. The molecule has 0 fully saturated rings. The van der Waals surface area contributed by atoms with Gasteiger partial charge in [0.1, 0.15) is 12.1 Å². The van der Waals surface area contributed by atoms with Crippen molar-refractivity contribution >= 4 is 37.7 Å². The van der Waals surface area contributed by atoms with E-state index >= 15 is 0 Å². The second-order valence-corrected chi connectivity index (χ2v) is 15.8. The van der Waals surface area contributed by atoms with Crippen molar-refractivity contribution in [1.29, 1.82) is 0 Å². The molecule has 0 aliphatic carbocycles. The molecule has 4 N–H and O–H groups in total. The Kier molecular flexibility index (Phi) is 13.1. The van der Waals surface area contributed by atoms with Crippen LogP contribution in [0.1, 0.15) is 71.4 Å². The van der Waals surface area contributed by atoms with Gasteiger partial charge in [0.25, 0.3) is 0 Å². The summed E-state index contributed by atoms with van der Waals surface area (Å²) >= 11 is 0. The van der Waals surface area contributed by atoms with Crippen molar-refractivity contribution in [2.24, 2.45) is 0 Å². The smallest absolute Gasteiger partial charge is 0.305 e. The van der Waals surface area contributed by atoms with Crippen molar-refractivity contribution in [3.8, 4) is 0 Å². The minimum absolute atomic E-state index is 0.0490. The molecule has 11 heteroatoms. The standard InChI is InChI=1S/C27H45N3O7Si/c1-18(28-23(32)11-9-10-12-24(33)36-6)25(34)29-19(2)26(35)30-22-14-20(16-31)13-21(15-22)17-37-38(7,8)27(3,4)5/h13-15,18-19,31H,9-12,16-17H2,1-8H3,(H,28,32)(H,29,34)(H,30,35)/t18-,19-/m0/s1. The molecular formula is C27H45N3O7Si. The molecule has 2 atom stereocenters. The number of hydrogen-bond acceptors (Lipinski definition) is 7. The van der Waals surface area contributed by atoms with Gasteiger partial charge in [-0.2, -0.15) is 0 Å². The Morgan fingerprint density at radius 2 is 1.50 bits per heavy atom. The van der Waals surface area contributed by atoms with E-state index in [4.69, 9.17) is 4.43 Å². The van der Waals surface area contributed by atoms with E-state index in [1.54, 1.807) is 19.1 Å². The van der Waals surface area contributed by atoms with Crippen LogP contribution in [0, 0.1) is 0 Å². The van der Waals surface area contributed by atoms with Gasteiger partial charge in [0.05, 0.1) is 20.3 Å². The lowest BCUT2D eigenvalue weighted by Crippen LogP contribution is -2.50. The number of anilines is 1. The number of unbranched alkanes of at least 4 members (excludes halogenated alkanes) is 1. The molecule has 0 aliphatic rings. The number of amides is 3. The summed E-state index contributed by atoms with van der Waals surface area (Å²) in [5, 5.41) is 17.7. The molecule has 0 unspecified atom stereocenters. The normalized spacial score (nSPS) is 13.3. The topological polar surface area (TPSA) is 143 Å². The molecule has 0 spiro atoms. The zero-order valence-electron chi connectivity index (χ0n) is 24.0. The van der Waals surface area contributed by atoms with E-state index in [-0.39, 0.29) is 36.4 Å². The monoisotopic (exact) mass is 551 g/mol. The van der Waals surface area contributed by atoms with E-state index in [1.807, 2.05) is 6.07 Å². The Morgan fingerprint density at radius 3 is 2.08 bits per heavy atom. The second-order valence-electron chi connectivity index (χ2n) is 11.0. The molecule has 3 amide bonds. The zero-order valence-corrected chi connectivity index (χ0v) is 25.0. The Hall–Kier alpha value is -2.76. The quantitative estimate of drug-likeness (QED) is 0.158. The first kappa shape index (κ1) is 33.3. The predicted octanol–water partition coefficient (Wildman–Crippen LogP) is 3.38. The fourth-order valence-corrected chi connectivity index (χ4v) is 4.14. The molecule has 0 saturated carbocycles. The van der Waals surface area contributed by atoms with E-state index in [0.29, 0.717) is 30.7 Å². The van der Waals surface area contributed by atoms with Gasteiger partial charge in [0, 0.05) is 18.5 Å². The van der Waals surface area contributed by atoms with Gasteiger partial charge in [-0.1, -0.05) is 26.8 Å². The molecule has 0 aliphatic heterocycles. The maximum absolute atomic E-state index is 12.8. The predicted molar refractivity (Wildman–Crippen MR) is 149 cm³/mol. The zero-order chi connectivity index (χ0) is 29.1. The summed E-state index contributed by atoms with van der Waals surface area (Å²) in [6, 6.07) is 3.60. The number of carbonyl (C=O) groups is 4. The lowest BCUT2D eigenvalue weighted by Gasteiger charge is -2.36. The Labute approximate surface area is 227 Å². The number of methoxy groups -OCH3 is 1. The Balaban J connectivity index is 2.66. The third-order valence-electron chi connectivity index (χ3n) is 6.69. The maximum Gasteiger partial charge on any atom is 0.305 e. The summed E-state index contributed by atoms with van der Waals surface area (Å²) in [4.78, 5) is 48.5. The molecule has 1 rings (SSSR count). The van der Waals surface area contributed by atoms with E-state index in [9.17, 15) is 24.3 Å². The summed E-state index contributed by atoms with van der Waals surface area (Å²) in [6.07, 6.45) is 1.41. The van der Waals surface area contributed by atoms with Crippen LogP contribution in [-0.2, 0) is 41.6 Å². The highest BCUT2D eigenvalue weighted by Gasteiger charge is 2.37. The van der Waals surface area contributed by atoms with Gasteiger partial charge in [-0.3, -0.25) is 19.2 Å². The molecule has 1 aromatic rings. The largest absolute Gasteiger partial charge is 0.469 e. The molecule has 0 heterocycles. The number of ether oxygens (including phenoxy) is 1. The molecule has 214 valence electrons.